The van der Waals surface area contributed by atoms with E-state index in [1.165, 1.54) is 0 Å². The molecule has 11 heteroatoms. The highest BCUT2D eigenvalue weighted by Gasteiger charge is 2.67. The molecule has 3 aliphatic rings. The van der Waals surface area contributed by atoms with Crippen LogP contribution in [0.1, 0.15) is 30.0 Å². The summed E-state index contributed by atoms with van der Waals surface area (Å²) in [5, 5.41) is 9.80. The lowest BCUT2D eigenvalue weighted by atomic mass is 9.82. The fourth-order valence-corrected chi connectivity index (χ4v) is 10.7. The number of rotatable bonds is 10. The van der Waals surface area contributed by atoms with E-state index in [0.29, 0.717) is 34.9 Å². The van der Waals surface area contributed by atoms with E-state index >= 15 is 4.11 Å². The number of hydrogen-bond acceptors (Lipinski definition) is 6. The molecule has 3 aliphatic heterocycles. The fraction of sp³-hybridized carbons (Fsp3) is 0.325. The van der Waals surface area contributed by atoms with Crippen LogP contribution < -0.4 is 14.5 Å². The Balaban J connectivity index is 1.19. The van der Waals surface area contributed by atoms with E-state index in [1.54, 1.807) is 27.8 Å². The number of benzene rings is 4. The Bertz CT molecular complexity index is 1950. The number of hydrogen-bond donors (Lipinski definition) is 1. The third-order valence-electron chi connectivity index (χ3n) is 10.4. The molecule has 0 radical (unpaired) electrons. The average Bonchev–Trinajstić information content (AvgIpc) is 3.54. The predicted molar refractivity (Wildman–Crippen MR) is 195 cm³/mol. The molecular weight excluding hydrogens is 666 g/mol. The maximum absolute atomic E-state index is 16.4. The monoisotopic (exact) mass is 707 g/mol. The standard InChI is InChI=1S/C40H42FN3O6Si/c1-27-38(51(2,3)41)35(23-36(46)42(20-21-45)24-28-12-5-4-6-13-28)50-40(27)31-16-7-8-17-32(31)43(39(40)48)25-29-14-11-15-30(22-29)44-33-18-9-10-19-34(33)49-26-37(44)47/h4-19,22,27,35,38,45H,20-21,23-26H2,1-3H3/t27-,35+,38-,40+/m1/s1. The number of carbonyl (C=O) groups is 3. The zero-order valence-corrected chi connectivity index (χ0v) is 30.0. The average molecular weight is 708 g/mol. The molecule has 3 heterocycles. The molecule has 1 N–H and O–H groups in total. The number of nitrogens with zero attached hydrogens (tertiary/aromatic N) is 3. The SMILES string of the molecule is C[C@@H]1[C@@H]([Si](C)(C)F)[C@H](CC(=O)N(CCO)Cc2ccccc2)O[C@@]12C(=O)N(Cc1cccc(N3C(=O)COc4ccccc43)c1)c1ccccc12. The number of aliphatic hydroxyl groups is 1. The summed E-state index contributed by atoms with van der Waals surface area (Å²) in [4.78, 5) is 46.7. The summed E-state index contributed by atoms with van der Waals surface area (Å²) in [6.07, 6.45) is -0.958. The van der Waals surface area contributed by atoms with Gasteiger partial charge in [0.25, 0.3) is 11.8 Å². The van der Waals surface area contributed by atoms with Crippen molar-refractivity contribution in [3.8, 4) is 5.75 Å². The van der Waals surface area contributed by atoms with Crippen LogP contribution in [0, 0.1) is 5.92 Å². The summed E-state index contributed by atoms with van der Waals surface area (Å²) in [5.41, 5.74) is 2.19. The van der Waals surface area contributed by atoms with Crippen LogP contribution in [0.4, 0.5) is 21.2 Å². The fourth-order valence-electron chi connectivity index (χ4n) is 8.24. The molecule has 1 spiro atoms. The Morgan fingerprint density at radius 1 is 0.941 bits per heavy atom. The molecule has 51 heavy (non-hydrogen) atoms. The van der Waals surface area contributed by atoms with Crippen LogP contribution in [0.15, 0.2) is 103 Å². The first-order chi connectivity index (χ1) is 24.5. The molecule has 4 aromatic carbocycles. The maximum Gasteiger partial charge on any atom is 0.269 e. The zero-order valence-electron chi connectivity index (χ0n) is 29.0. The normalized spacial score (nSPS) is 22.6. The minimum atomic E-state index is -3.51. The molecule has 9 nitrogen and oxygen atoms in total. The van der Waals surface area contributed by atoms with Gasteiger partial charge >= 0.3 is 0 Å². The van der Waals surface area contributed by atoms with Gasteiger partial charge in [-0.05, 0) is 54.6 Å². The summed E-state index contributed by atoms with van der Waals surface area (Å²) < 4.78 is 28.9. The topological polar surface area (TPSA) is 99.6 Å². The van der Waals surface area contributed by atoms with Crippen LogP contribution >= 0.6 is 0 Å². The first kappa shape index (κ1) is 34.6. The number of halogens is 1. The van der Waals surface area contributed by atoms with Crippen molar-refractivity contribution in [2.45, 2.75) is 56.8 Å². The van der Waals surface area contributed by atoms with Gasteiger partial charge in [-0.25, -0.2) is 0 Å². The van der Waals surface area contributed by atoms with Gasteiger partial charge in [-0.15, -0.1) is 0 Å². The Morgan fingerprint density at radius 2 is 1.63 bits per heavy atom. The Kier molecular flexibility index (Phi) is 9.30. The number of para-hydroxylation sites is 3. The molecule has 0 aromatic heterocycles. The summed E-state index contributed by atoms with van der Waals surface area (Å²) in [5.74, 6) is -0.718. The van der Waals surface area contributed by atoms with Crippen molar-refractivity contribution >= 4 is 43.2 Å². The second-order valence-electron chi connectivity index (χ2n) is 14.1. The van der Waals surface area contributed by atoms with Crippen molar-refractivity contribution in [3.63, 3.8) is 0 Å². The molecule has 264 valence electrons. The number of fused-ring (bicyclic) bond motifs is 3. The molecule has 1 fully saturated rings. The van der Waals surface area contributed by atoms with E-state index in [0.717, 1.165) is 11.1 Å². The van der Waals surface area contributed by atoms with Crippen molar-refractivity contribution in [1.29, 1.82) is 0 Å². The van der Waals surface area contributed by atoms with E-state index in [4.69, 9.17) is 9.47 Å². The summed E-state index contributed by atoms with van der Waals surface area (Å²) in [6, 6.07) is 31.8. The van der Waals surface area contributed by atoms with E-state index in [-0.39, 0.29) is 50.4 Å². The van der Waals surface area contributed by atoms with Crippen LogP contribution in [-0.2, 0) is 37.8 Å². The first-order valence-electron chi connectivity index (χ1n) is 17.4. The smallest absolute Gasteiger partial charge is 0.269 e. The van der Waals surface area contributed by atoms with Gasteiger partial charge in [0.2, 0.25) is 14.3 Å². The molecule has 4 aromatic rings. The number of aliphatic hydroxyl groups excluding tert-OH is 1. The highest BCUT2D eigenvalue weighted by molar-refractivity contribution is 6.72. The van der Waals surface area contributed by atoms with E-state index < -0.39 is 31.6 Å². The van der Waals surface area contributed by atoms with Crippen molar-refractivity contribution < 1.29 is 33.1 Å². The van der Waals surface area contributed by atoms with Crippen molar-refractivity contribution in [2.75, 3.05) is 29.6 Å². The third-order valence-corrected chi connectivity index (χ3v) is 12.9. The van der Waals surface area contributed by atoms with Crippen LogP contribution in [-0.4, -0.2) is 62.0 Å². The largest absolute Gasteiger partial charge is 0.482 e. The van der Waals surface area contributed by atoms with Gasteiger partial charge in [0.05, 0.1) is 37.1 Å². The summed E-state index contributed by atoms with van der Waals surface area (Å²) in [6.45, 7) is 5.41. The second-order valence-corrected chi connectivity index (χ2v) is 17.9. The number of amides is 3. The van der Waals surface area contributed by atoms with Gasteiger partial charge in [-0.2, -0.15) is 0 Å². The Labute approximate surface area is 298 Å². The number of carbonyl (C=O) groups excluding carboxylic acids is 3. The predicted octanol–water partition coefficient (Wildman–Crippen LogP) is 6.48. The van der Waals surface area contributed by atoms with Gasteiger partial charge in [-0.3, -0.25) is 19.3 Å². The minimum Gasteiger partial charge on any atom is -0.482 e. The van der Waals surface area contributed by atoms with Crippen LogP contribution in [0.2, 0.25) is 18.6 Å². The second kappa shape index (κ2) is 13.7. The van der Waals surface area contributed by atoms with Crippen molar-refractivity contribution in [1.82, 2.24) is 4.90 Å². The molecule has 0 bridgehead atoms. The lowest BCUT2D eigenvalue weighted by molar-refractivity contribution is -0.150. The summed E-state index contributed by atoms with van der Waals surface area (Å²) >= 11 is 0. The first-order valence-corrected chi connectivity index (χ1v) is 20.3. The summed E-state index contributed by atoms with van der Waals surface area (Å²) in [7, 11) is -3.51. The van der Waals surface area contributed by atoms with Crippen LogP contribution in [0.25, 0.3) is 0 Å². The van der Waals surface area contributed by atoms with Gasteiger partial charge in [0, 0.05) is 35.8 Å². The molecule has 1 saturated heterocycles. The molecule has 0 aliphatic carbocycles. The molecule has 4 atom stereocenters. The van der Waals surface area contributed by atoms with E-state index in [2.05, 4.69) is 0 Å². The Hall–Kier alpha value is -4.84. The van der Waals surface area contributed by atoms with Gasteiger partial charge in [-0.1, -0.05) is 79.7 Å². The number of anilines is 3. The zero-order chi connectivity index (χ0) is 35.9. The van der Waals surface area contributed by atoms with Crippen molar-refractivity contribution in [2.24, 2.45) is 5.92 Å². The van der Waals surface area contributed by atoms with E-state index in [9.17, 15) is 19.5 Å². The number of ether oxygens (including phenoxy) is 2. The molecular formula is C40H42FN3O6Si. The molecule has 0 saturated carbocycles. The lowest BCUT2D eigenvalue weighted by Crippen LogP contribution is -2.45. The molecule has 3 amide bonds. The highest BCUT2D eigenvalue weighted by atomic mass is 28.4. The third kappa shape index (κ3) is 6.23. The quantitative estimate of drug-likeness (QED) is 0.150. The van der Waals surface area contributed by atoms with Crippen LogP contribution in [0.3, 0.4) is 0 Å². The Morgan fingerprint density at radius 3 is 2.37 bits per heavy atom. The van der Waals surface area contributed by atoms with Crippen LogP contribution in [0.5, 0.6) is 5.75 Å². The maximum atomic E-state index is 16.4. The highest BCUT2D eigenvalue weighted by Crippen LogP contribution is 2.60. The van der Waals surface area contributed by atoms with E-state index in [1.807, 2.05) is 110 Å². The lowest BCUT2D eigenvalue weighted by Gasteiger charge is -2.31. The minimum absolute atomic E-state index is 0.0833. The molecule has 0 unspecified atom stereocenters. The molecule has 7 rings (SSSR count). The van der Waals surface area contributed by atoms with Gasteiger partial charge in [0.1, 0.15) is 5.75 Å². The van der Waals surface area contributed by atoms with Gasteiger partial charge < -0.3 is 28.5 Å². The van der Waals surface area contributed by atoms with Crippen molar-refractivity contribution in [3.05, 3.63) is 120 Å². The van der Waals surface area contributed by atoms with Gasteiger partial charge in [0.15, 0.2) is 12.2 Å².